The molecule has 0 aliphatic carbocycles. The van der Waals surface area contributed by atoms with E-state index in [1.807, 2.05) is 17.5 Å². The van der Waals surface area contributed by atoms with Gasteiger partial charge in [0.1, 0.15) is 12.6 Å². The Balaban J connectivity index is 1.97. The van der Waals surface area contributed by atoms with Crippen LogP contribution in [0.25, 0.3) is 0 Å². The quantitative estimate of drug-likeness (QED) is 0.768. The van der Waals surface area contributed by atoms with Gasteiger partial charge in [-0.1, -0.05) is 17.7 Å². The van der Waals surface area contributed by atoms with Crippen LogP contribution in [0.5, 0.6) is 0 Å². The number of halogens is 1. The van der Waals surface area contributed by atoms with Crippen LogP contribution in [0.1, 0.15) is 21.7 Å². The van der Waals surface area contributed by atoms with Gasteiger partial charge >= 0.3 is 0 Å². The van der Waals surface area contributed by atoms with Crippen molar-refractivity contribution < 1.29 is 20.0 Å². The van der Waals surface area contributed by atoms with E-state index < -0.39 is 12.0 Å². The molecule has 2 aromatic rings. The second-order valence-electron chi connectivity index (χ2n) is 4.58. The lowest BCUT2D eigenvalue weighted by Crippen LogP contribution is -2.92. The summed E-state index contributed by atoms with van der Waals surface area (Å²) in [6, 6.07) is 9.34. The summed E-state index contributed by atoms with van der Waals surface area (Å²) in [4.78, 5) is 24.3. The zero-order valence-electron chi connectivity index (χ0n) is 11.1. The molecule has 0 saturated heterocycles. The summed E-state index contributed by atoms with van der Waals surface area (Å²) in [6.45, 7) is 0.518. The molecule has 0 aliphatic heterocycles. The Bertz CT molecular complexity index is 610. The van der Waals surface area contributed by atoms with Crippen molar-refractivity contribution in [2.75, 3.05) is 0 Å². The average Bonchev–Trinajstić information content (AvgIpc) is 2.96. The Labute approximate surface area is 131 Å². The number of hydrogen-bond donors (Lipinski definition) is 1. The topological polar surface area (TPSA) is 73.8 Å². The third-order valence-corrected chi connectivity index (χ3v) is 4.21. The van der Waals surface area contributed by atoms with Crippen molar-refractivity contribution >= 4 is 34.7 Å². The van der Waals surface area contributed by atoms with Gasteiger partial charge in [0.15, 0.2) is 5.78 Å². The van der Waals surface area contributed by atoms with E-state index >= 15 is 0 Å². The number of benzene rings is 1. The maximum atomic E-state index is 12.1. The van der Waals surface area contributed by atoms with E-state index in [1.165, 1.54) is 0 Å². The van der Waals surface area contributed by atoms with Crippen molar-refractivity contribution in [1.29, 1.82) is 0 Å². The van der Waals surface area contributed by atoms with Crippen LogP contribution in [-0.4, -0.2) is 17.8 Å². The van der Waals surface area contributed by atoms with Crippen LogP contribution in [-0.2, 0) is 11.3 Å². The highest BCUT2D eigenvalue weighted by atomic mass is 35.5. The summed E-state index contributed by atoms with van der Waals surface area (Å²) in [5.41, 5.74) is 0.454. The van der Waals surface area contributed by atoms with Gasteiger partial charge in [0.05, 0.1) is 17.3 Å². The van der Waals surface area contributed by atoms with E-state index in [2.05, 4.69) is 0 Å². The number of thiophene rings is 1. The molecule has 0 spiro atoms. The molecule has 2 N–H and O–H groups in total. The standard InChI is InChI=1S/C15H14ClNO3S/c16-11-5-3-10(4-6-11)14(18)8-13(15(19)20)17-9-12-2-1-7-21-12/h1-7,13,17H,8-9H2,(H,19,20)/t13-/m0/s1. The van der Waals surface area contributed by atoms with Crippen molar-refractivity contribution in [3.63, 3.8) is 0 Å². The highest BCUT2D eigenvalue weighted by Gasteiger charge is 2.19. The van der Waals surface area contributed by atoms with Gasteiger partial charge in [-0.25, -0.2) is 0 Å². The molecular weight excluding hydrogens is 310 g/mol. The van der Waals surface area contributed by atoms with Crippen molar-refractivity contribution in [1.82, 2.24) is 0 Å². The Kier molecular flexibility index (Phi) is 5.50. The molecule has 0 fully saturated rings. The van der Waals surface area contributed by atoms with E-state index in [1.54, 1.807) is 40.9 Å². The minimum Gasteiger partial charge on any atom is -0.544 e. The lowest BCUT2D eigenvalue weighted by molar-refractivity contribution is -0.696. The van der Waals surface area contributed by atoms with Crippen molar-refractivity contribution in [3.05, 3.63) is 57.2 Å². The number of carbonyl (C=O) groups excluding carboxylic acids is 2. The Morgan fingerprint density at radius 3 is 2.52 bits per heavy atom. The monoisotopic (exact) mass is 323 g/mol. The number of rotatable bonds is 7. The zero-order chi connectivity index (χ0) is 15.2. The normalized spacial score (nSPS) is 12.0. The first-order valence-corrected chi connectivity index (χ1v) is 7.67. The smallest absolute Gasteiger partial charge is 0.169 e. The number of carbonyl (C=O) groups is 2. The fourth-order valence-electron chi connectivity index (χ4n) is 1.90. The molecular formula is C15H14ClNO3S. The Morgan fingerprint density at radius 1 is 1.24 bits per heavy atom. The first-order chi connectivity index (χ1) is 10.1. The molecule has 2 rings (SSSR count). The summed E-state index contributed by atoms with van der Waals surface area (Å²) in [5, 5.41) is 15.2. The summed E-state index contributed by atoms with van der Waals surface area (Å²) < 4.78 is 0. The number of ketones is 1. The van der Waals surface area contributed by atoms with Crippen LogP contribution >= 0.6 is 22.9 Å². The van der Waals surface area contributed by atoms with Gasteiger partial charge in [-0.3, -0.25) is 4.79 Å². The van der Waals surface area contributed by atoms with E-state index in [0.29, 0.717) is 17.1 Å². The maximum Gasteiger partial charge on any atom is 0.169 e. The molecule has 0 amide bonds. The lowest BCUT2D eigenvalue weighted by Gasteiger charge is -2.15. The Morgan fingerprint density at radius 2 is 1.95 bits per heavy atom. The third-order valence-electron chi connectivity index (χ3n) is 3.06. The molecule has 1 aromatic carbocycles. The summed E-state index contributed by atoms with van der Waals surface area (Å²) in [7, 11) is 0. The highest BCUT2D eigenvalue weighted by Crippen LogP contribution is 2.11. The summed E-state index contributed by atoms with van der Waals surface area (Å²) >= 11 is 7.31. The van der Waals surface area contributed by atoms with Gasteiger partial charge in [0.2, 0.25) is 0 Å². The second kappa shape index (κ2) is 7.36. The molecule has 4 nitrogen and oxygen atoms in total. The maximum absolute atomic E-state index is 12.1. The fourth-order valence-corrected chi connectivity index (χ4v) is 2.71. The van der Waals surface area contributed by atoms with E-state index in [9.17, 15) is 14.7 Å². The van der Waals surface area contributed by atoms with Crippen molar-refractivity contribution in [3.8, 4) is 0 Å². The van der Waals surface area contributed by atoms with E-state index in [-0.39, 0.29) is 12.2 Å². The first kappa shape index (κ1) is 15.7. The van der Waals surface area contributed by atoms with E-state index in [4.69, 9.17) is 11.6 Å². The fraction of sp³-hybridized carbons (Fsp3) is 0.200. The van der Waals surface area contributed by atoms with E-state index in [0.717, 1.165) is 4.88 Å². The summed E-state index contributed by atoms with van der Waals surface area (Å²) in [6.07, 6.45) is -0.102. The number of aliphatic carboxylic acids is 1. The molecule has 1 heterocycles. The first-order valence-electron chi connectivity index (χ1n) is 6.41. The van der Waals surface area contributed by atoms with Crippen LogP contribution in [0, 0.1) is 0 Å². The predicted molar refractivity (Wildman–Crippen MR) is 79.1 cm³/mol. The van der Waals surface area contributed by atoms with Crippen molar-refractivity contribution in [2.45, 2.75) is 19.0 Å². The molecule has 21 heavy (non-hydrogen) atoms. The number of nitrogens with two attached hydrogens (primary N) is 1. The second-order valence-corrected chi connectivity index (χ2v) is 6.05. The molecule has 0 unspecified atom stereocenters. The van der Waals surface area contributed by atoms with Gasteiger partial charge < -0.3 is 15.2 Å². The number of Topliss-reactive ketones (excluding diaryl/α,β-unsaturated/α-hetero) is 1. The molecule has 1 atom stereocenters. The molecule has 0 radical (unpaired) electrons. The van der Waals surface area contributed by atoms with Crippen LogP contribution in [0.3, 0.4) is 0 Å². The van der Waals surface area contributed by atoms with Gasteiger partial charge in [0, 0.05) is 10.6 Å². The number of hydrogen-bond acceptors (Lipinski definition) is 4. The minimum atomic E-state index is -1.23. The molecule has 110 valence electrons. The highest BCUT2D eigenvalue weighted by molar-refractivity contribution is 7.09. The summed E-state index contributed by atoms with van der Waals surface area (Å²) in [5.74, 6) is -1.46. The molecule has 1 aromatic heterocycles. The zero-order valence-corrected chi connectivity index (χ0v) is 12.7. The minimum absolute atomic E-state index is 0.102. The number of carboxylic acid groups (broad SMARTS) is 1. The largest absolute Gasteiger partial charge is 0.544 e. The van der Waals surface area contributed by atoms with Crippen LogP contribution in [0.4, 0.5) is 0 Å². The average molecular weight is 324 g/mol. The molecule has 0 saturated carbocycles. The van der Waals surface area contributed by atoms with Gasteiger partial charge in [0.25, 0.3) is 0 Å². The predicted octanol–water partition coefficient (Wildman–Crippen LogP) is 0.856. The molecule has 0 aliphatic rings. The third kappa shape index (κ3) is 4.67. The van der Waals surface area contributed by atoms with Gasteiger partial charge in [-0.05, 0) is 35.7 Å². The van der Waals surface area contributed by atoms with Gasteiger partial charge in [-0.2, -0.15) is 0 Å². The molecule has 0 bridgehead atoms. The number of carboxylic acids is 1. The van der Waals surface area contributed by atoms with Gasteiger partial charge in [-0.15, -0.1) is 11.3 Å². The molecule has 6 heteroatoms. The number of quaternary nitrogens is 1. The van der Waals surface area contributed by atoms with Crippen molar-refractivity contribution in [2.24, 2.45) is 0 Å². The van der Waals surface area contributed by atoms with Crippen LogP contribution < -0.4 is 10.4 Å². The SMILES string of the molecule is O=C(C[C@H]([NH2+]Cc1cccs1)C(=O)[O-])c1ccc(Cl)cc1. The van der Waals surface area contributed by atoms with Crippen LogP contribution in [0.2, 0.25) is 5.02 Å². The van der Waals surface area contributed by atoms with Crippen LogP contribution in [0.15, 0.2) is 41.8 Å². The Hall–Kier alpha value is -1.69. The lowest BCUT2D eigenvalue weighted by atomic mass is 10.0.